The zero-order chi connectivity index (χ0) is 24.5. The Bertz CT molecular complexity index is 1590. The minimum absolute atomic E-state index is 0.211. The van der Waals surface area contributed by atoms with Gasteiger partial charge in [-0.1, -0.05) is 54.6 Å². The van der Waals surface area contributed by atoms with Crippen molar-refractivity contribution in [3.8, 4) is 16.8 Å². The number of nitrogens with zero attached hydrogens (tertiary/aromatic N) is 2. The molecule has 1 heterocycles. The molecule has 0 unspecified atom stereocenters. The standard InChI is InChI=1S/C30H22N4O2/c35-29(32-22-8-2-1-3-9-22)21-15-23(18-24(16-21)34-14-13-31-19-34)33-30(36)27-12-6-11-26-25-10-5-4-7-20(25)17-28(26)27/h1-16,18-19H,17H2,(H,32,35)(H,33,36). The number of aromatic nitrogens is 2. The van der Waals surface area contributed by atoms with E-state index in [2.05, 4.69) is 33.8 Å². The van der Waals surface area contributed by atoms with Crippen LogP contribution in [0.2, 0.25) is 0 Å². The largest absolute Gasteiger partial charge is 0.322 e. The number of nitrogens with one attached hydrogen (secondary N) is 2. The zero-order valence-electron chi connectivity index (χ0n) is 19.3. The van der Waals surface area contributed by atoms with Gasteiger partial charge in [-0.25, -0.2) is 4.98 Å². The first-order valence-corrected chi connectivity index (χ1v) is 11.7. The number of carbonyl (C=O) groups excluding carboxylic acids is 2. The Hall–Kier alpha value is -4.97. The van der Waals surface area contributed by atoms with E-state index >= 15 is 0 Å². The third kappa shape index (κ3) is 4.05. The smallest absolute Gasteiger partial charge is 0.255 e. The fourth-order valence-electron chi connectivity index (χ4n) is 4.67. The van der Waals surface area contributed by atoms with Crippen LogP contribution in [0.5, 0.6) is 0 Å². The van der Waals surface area contributed by atoms with Crippen molar-refractivity contribution in [2.75, 3.05) is 10.6 Å². The molecule has 4 aromatic carbocycles. The highest BCUT2D eigenvalue weighted by molar-refractivity contribution is 6.09. The average molecular weight is 471 g/mol. The highest BCUT2D eigenvalue weighted by Crippen LogP contribution is 2.38. The quantitative estimate of drug-likeness (QED) is 0.327. The van der Waals surface area contributed by atoms with Crippen molar-refractivity contribution >= 4 is 23.2 Å². The third-order valence-corrected chi connectivity index (χ3v) is 6.37. The van der Waals surface area contributed by atoms with Crippen LogP contribution in [0.1, 0.15) is 31.8 Å². The molecule has 0 fully saturated rings. The van der Waals surface area contributed by atoms with E-state index in [1.165, 1.54) is 11.1 Å². The molecule has 0 spiro atoms. The Balaban J connectivity index is 1.33. The fourth-order valence-corrected chi connectivity index (χ4v) is 4.67. The van der Waals surface area contributed by atoms with Gasteiger partial charge in [0.05, 0.1) is 6.33 Å². The van der Waals surface area contributed by atoms with Crippen LogP contribution in [-0.4, -0.2) is 21.4 Å². The molecule has 174 valence electrons. The van der Waals surface area contributed by atoms with Gasteiger partial charge in [-0.2, -0.15) is 0 Å². The molecule has 0 saturated carbocycles. The molecule has 0 radical (unpaired) electrons. The molecular formula is C30H22N4O2. The number of rotatable bonds is 5. The van der Waals surface area contributed by atoms with Crippen LogP contribution in [0.25, 0.3) is 16.8 Å². The second kappa shape index (κ2) is 9.00. The number of para-hydroxylation sites is 1. The van der Waals surface area contributed by atoms with E-state index in [1.54, 1.807) is 35.4 Å². The van der Waals surface area contributed by atoms with Crippen LogP contribution in [0.4, 0.5) is 11.4 Å². The van der Waals surface area contributed by atoms with Crippen molar-refractivity contribution in [2.24, 2.45) is 0 Å². The van der Waals surface area contributed by atoms with E-state index in [9.17, 15) is 9.59 Å². The molecule has 0 atom stereocenters. The van der Waals surface area contributed by atoms with Gasteiger partial charge in [0.15, 0.2) is 0 Å². The van der Waals surface area contributed by atoms with Gasteiger partial charge in [0.1, 0.15) is 0 Å². The lowest BCUT2D eigenvalue weighted by Gasteiger charge is -2.13. The van der Waals surface area contributed by atoms with Gasteiger partial charge in [-0.15, -0.1) is 0 Å². The number of imidazole rings is 1. The predicted octanol–water partition coefficient (Wildman–Crippen LogP) is 5.95. The molecule has 1 aromatic heterocycles. The molecule has 6 nitrogen and oxygen atoms in total. The van der Waals surface area contributed by atoms with Crippen LogP contribution >= 0.6 is 0 Å². The maximum Gasteiger partial charge on any atom is 0.255 e. The van der Waals surface area contributed by atoms with Crippen molar-refractivity contribution in [1.82, 2.24) is 9.55 Å². The van der Waals surface area contributed by atoms with Crippen molar-refractivity contribution in [3.63, 3.8) is 0 Å². The maximum absolute atomic E-state index is 13.5. The lowest BCUT2D eigenvalue weighted by Crippen LogP contribution is -2.16. The number of hydrogen-bond donors (Lipinski definition) is 2. The van der Waals surface area contributed by atoms with Crippen LogP contribution in [-0.2, 0) is 6.42 Å². The Kier molecular flexibility index (Phi) is 5.39. The van der Waals surface area contributed by atoms with E-state index in [0.29, 0.717) is 28.2 Å². The number of benzene rings is 4. The van der Waals surface area contributed by atoms with Gasteiger partial charge >= 0.3 is 0 Å². The van der Waals surface area contributed by atoms with E-state index in [4.69, 9.17) is 0 Å². The summed E-state index contributed by atoms with van der Waals surface area (Å²) < 4.78 is 1.80. The van der Waals surface area contributed by atoms with Crippen molar-refractivity contribution in [1.29, 1.82) is 0 Å². The SMILES string of the molecule is O=C(Nc1ccccc1)c1cc(NC(=O)c2cccc3c2Cc2ccccc2-3)cc(-n2ccnc2)c1. The van der Waals surface area contributed by atoms with Gasteiger partial charge in [-0.3, -0.25) is 9.59 Å². The van der Waals surface area contributed by atoms with E-state index in [-0.39, 0.29) is 11.8 Å². The fraction of sp³-hybridized carbons (Fsp3) is 0.0333. The minimum Gasteiger partial charge on any atom is -0.322 e. The summed E-state index contributed by atoms with van der Waals surface area (Å²) in [5, 5.41) is 5.93. The highest BCUT2D eigenvalue weighted by Gasteiger charge is 2.23. The normalized spacial score (nSPS) is 11.4. The Morgan fingerprint density at radius 3 is 2.36 bits per heavy atom. The first-order chi connectivity index (χ1) is 17.7. The zero-order valence-corrected chi connectivity index (χ0v) is 19.3. The highest BCUT2D eigenvalue weighted by atomic mass is 16.2. The topological polar surface area (TPSA) is 76.0 Å². The van der Waals surface area contributed by atoms with Crippen molar-refractivity contribution in [2.45, 2.75) is 6.42 Å². The van der Waals surface area contributed by atoms with Gasteiger partial charge in [0.25, 0.3) is 11.8 Å². The second-order valence-corrected chi connectivity index (χ2v) is 8.68. The number of anilines is 2. The maximum atomic E-state index is 13.5. The van der Waals surface area contributed by atoms with Crippen molar-refractivity contribution < 1.29 is 9.59 Å². The summed E-state index contributed by atoms with van der Waals surface area (Å²) in [5.41, 5.74) is 7.49. The third-order valence-electron chi connectivity index (χ3n) is 6.37. The van der Waals surface area contributed by atoms with Crippen LogP contribution in [0.15, 0.2) is 110 Å². The molecular weight excluding hydrogens is 448 g/mol. The average Bonchev–Trinajstić information content (AvgIpc) is 3.57. The molecule has 6 rings (SSSR count). The first-order valence-electron chi connectivity index (χ1n) is 11.7. The number of hydrogen-bond acceptors (Lipinski definition) is 3. The molecule has 2 amide bonds. The molecule has 0 saturated heterocycles. The first kappa shape index (κ1) is 21.6. The summed E-state index contributed by atoms with van der Waals surface area (Å²) in [4.78, 5) is 30.7. The summed E-state index contributed by atoms with van der Waals surface area (Å²) in [6.45, 7) is 0. The monoisotopic (exact) mass is 470 g/mol. The van der Waals surface area contributed by atoms with Gasteiger partial charge in [0.2, 0.25) is 0 Å². The molecule has 36 heavy (non-hydrogen) atoms. The van der Waals surface area contributed by atoms with Crippen molar-refractivity contribution in [3.05, 3.63) is 132 Å². The summed E-state index contributed by atoms with van der Waals surface area (Å²) in [5.74, 6) is -0.480. The second-order valence-electron chi connectivity index (χ2n) is 8.68. The Morgan fingerprint density at radius 2 is 1.53 bits per heavy atom. The minimum atomic E-state index is -0.269. The molecule has 1 aliphatic rings. The van der Waals surface area contributed by atoms with E-state index in [0.717, 1.165) is 17.5 Å². The van der Waals surface area contributed by atoms with Crippen LogP contribution < -0.4 is 10.6 Å². The molecule has 1 aliphatic carbocycles. The molecule has 0 bridgehead atoms. The van der Waals surface area contributed by atoms with Gasteiger partial charge in [0, 0.05) is 40.6 Å². The lowest BCUT2D eigenvalue weighted by molar-refractivity contribution is 0.101. The number of carbonyl (C=O) groups is 2. The molecule has 0 aliphatic heterocycles. The number of amides is 2. The molecule has 6 heteroatoms. The summed E-state index contributed by atoms with van der Waals surface area (Å²) >= 11 is 0. The van der Waals surface area contributed by atoms with Gasteiger partial charge in [-0.05, 0) is 65.1 Å². The van der Waals surface area contributed by atoms with E-state index < -0.39 is 0 Å². The Morgan fingerprint density at radius 1 is 0.750 bits per heavy atom. The number of fused-ring (bicyclic) bond motifs is 3. The Labute approximate surface area is 208 Å². The predicted molar refractivity (Wildman–Crippen MR) is 141 cm³/mol. The summed E-state index contributed by atoms with van der Waals surface area (Å²) in [6, 6.07) is 28.6. The van der Waals surface area contributed by atoms with Crippen LogP contribution in [0.3, 0.4) is 0 Å². The molecule has 5 aromatic rings. The summed E-state index contributed by atoms with van der Waals surface area (Å²) in [6.07, 6.45) is 5.83. The molecule has 2 N–H and O–H groups in total. The van der Waals surface area contributed by atoms with E-state index in [1.807, 2.05) is 60.7 Å². The van der Waals surface area contributed by atoms with Gasteiger partial charge < -0.3 is 15.2 Å². The lowest BCUT2D eigenvalue weighted by atomic mass is 10.0. The summed E-state index contributed by atoms with van der Waals surface area (Å²) in [7, 11) is 0. The van der Waals surface area contributed by atoms with Crippen LogP contribution in [0, 0.1) is 0 Å².